The molecule has 0 radical (unpaired) electrons. The number of nitrogens with zero attached hydrogens (tertiary/aromatic N) is 1. The summed E-state index contributed by atoms with van der Waals surface area (Å²) in [6, 6.07) is 6.95. The van der Waals surface area contributed by atoms with E-state index in [0.29, 0.717) is 10.9 Å². The number of halogens is 7. The summed E-state index contributed by atoms with van der Waals surface area (Å²) in [6.45, 7) is 0. The van der Waals surface area contributed by atoms with Crippen LogP contribution >= 0.6 is 0 Å². The van der Waals surface area contributed by atoms with Crippen molar-refractivity contribution < 1.29 is 30.7 Å². The summed E-state index contributed by atoms with van der Waals surface area (Å²) in [5.41, 5.74) is -1.20. The Kier molecular flexibility index (Phi) is 4.34. The molecule has 0 aliphatic heterocycles. The Hall–Kier alpha value is -3.04. The minimum atomic E-state index is -5.60. The van der Waals surface area contributed by atoms with Gasteiger partial charge in [-0.25, -0.2) is 17.6 Å². The number of anilines is 1. The largest absolute Gasteiger partial charge is 0.422 e. The number of hydrogen-bond donors (Lipinski definition) is 2. The number of H-pyrrole nitrogens is 1. The van der Waals surface area contributed by atoms with E-state index in [1.807, 2.05) is 0 Å². The first kappa shape index (κ1) is 17.8. The van der Waals surface area contributed by atoms with E-state index < -0.39 is 40.7 Å². The number of benzene rings is 2. The summed E-state index contributed by atoms with van der Waals surface area (Å²) in [4.78, 5) is 2.89. The fourth-order valence-corrected chi connectivity index (χ4v) is 2.35. The molecular formula is C16H8F7N3. The lowest BCUT2D eigenvalue weighted by Crippen LogP contribution is -2.16. The van der Waals surface area contributed by atoms with E-state index in [4.69, 9.17) is 0 Å². The zero-order valence-corrected chi connectivity index (χ0v) is 12.6. The van der Waals surface area contributed by atoms with Gasteiger partial charge in [0.25, 0.3) is 0 Å². The Labute approximate surface area is 141 Å². The molecule has 0 fully saturated rings. The van der Waals surface area contributed by atoms with Crippen molar-refractivity contribution in [3.05, 3.63) is 64.9 Å². The number of hydrazone groups is 1. The maximum Gasteiger partial charge on any atom is 0.422 e. The van der Waals surface area contributed by atoms with E-state index in [-0.39, 0.29) is 0 Å². The van der Waals surface area contributed by atoms with Crippen LogP contribution in [0.2, 0.25) is 0 Å². The first-order valence-electron chi connectivity index (χ1n) is 7.00. The van der Waals surface area contributed by atoms with Crippen molar-refractivity contribution in [2.24, 2.45) is 5.10 Å². The molecule has 3 nitrogen and oxygen atoms in total. The van der Waals surface area contributed by atoms with Crippen LogP contribution in [0.25, 0.3) is 10.9 Å². The molecule has 3 aromatic rings. The van der Waals surface area contributed by atoms with Gasteiger partial charge < -0.3 is 4.98 Å². The van der Waals surface area contributed by atoms with Gasteiger partial charge in [0.15, 0.2) is 23.3 Å². The zero-order chi connectivity index (χ0) is 19.1. The SMILES string of the molecule is Fc1c(F)c(C(F)(F)F)c(F)c(F)c1N/N=C\c1c[nH]c2ccccc12. The first-order chi connectivity index (χ1) is 12.2. The Morgan fingerprint density at radius 1 is 0.923 bits per heavy atom. The predicted molar refractivity (Wildman–Crippen MR) is 80.8 cm³/mol. The molecule has 0 aliphatic rings. The number of hydrogen-bond acceptors (Lipinski definition) is 2. The molecular weight excluding hydrogens is 367 g/mol. The summed E-state index contributed by atoms with van der Waals surface area (Å²) in [5.74, 6) is -9.57. The number of rotatable bonds is 3. The smallest absolute Gasteiger partial charge is 0.361 e. The van der Waals surface area contributed by atoms with E-state index in [0.717, 1.165) is 11.7 Å². The molecule has 0 unspecified atom stereocenters. The second-order valence-electron chi connectivity index (χ2n) is 5.16. The molecule has 10 heteroatoms. The molecule has 0 aliphatic carbocycles. The van der Waals surface area contributed by atoms with Crippen LogP contribution in [-0.4, -0.2) is 11.2 Å². The molecule has 0 spiro atoms. The van der Waals surface area contributed by atoms with Crippen LogP contribution < -0.4 is 5.43 Å². The van der Waals surface area contributed by atoms with E-state index in [1.165, 1.54) is 6.20 Å². The molecule has 1 aromatic heterocycles. The number of fused-ring (bicyclic) bond motifs is 1. The summed E-state index contributed by atoms with van der Waals surface area (Å²) >= 11 is 0. The van der Waals surface area contributed by atoms with Crippen molar-refractivity contribution in [3.63, 3.8) is 0 Å². The molecule has 0 bridgehead atoms. The molecule has 2 aromatic carbocycles. The summed E-state index contributed by atoms with van der Waals surface area (Å²) in [5, 5.41) is 4.14. The summed E-state index contributed by atoms with van der Waals surface area (Å²) in [6.07, 6.45) is -3.00. The van der Waals surface area contributed by atoms with Crippen molar-refractivity contribution in [2.45, 2.75) is 6.18 Å². The van der Waals surface area contributed by atoms with E-state index in [9.17, 15) is 30.7 Å². The van der Waals surface area contributed by atoms with Gasteiger partial charge in [-0.3, -0.25) is 5.43 Å². The van der Waals surface area contributed by atoms with Gasteiger partial charge in [-0.15, -0.1) is 0 Å². The van der Waals surface area contributed by atoms with Gasteiger partial charge in [0.1, 0.15) is 11.3 Å². The highest BCUT2D eigenvalue weighted by Gasteiger charge is 2.42. The van der Waals surface area contributed by atoms with Crippen LogP contribution in [0.5, 0.6) is 0 Å². The lowest BCUT2D eigenvalue weighted by atomic mass is 10.1. The lowest BCUT2D eigenvalue weighted by molar-refractivity contribution is -0.143. The van der Waals surface area contributed by atoms with Crippen LogP contribution in [0.3, 0.4) is 0 Å². The highest BCUT2D eigenvalue weighted by molar-refractivity contribution is 5.99. The van der Waals surface area contributed by atoms with Gasteiger partial charge in [-0.05, 0) is 6.07 Å². The van der Waals surface area contributed by atoms with Gasteiger partial charge in [-0.2, -0.15) is 18.3 Å². The number of alkyl halides is 3. The van der Waals surface area contributed by atoms with Crippen LogP contribution in [0.1, 0.15) is 11.1 Å². The van der Waals surface area contributed by atoms with Crippen LogP contribution in [0.15, 0.2) is 35.6 Å². The van der Waals surface area contributed by atoms with Crippen molar-refractivity contribution in [3.8, 4) is 0 Å². The molecule has 2 N–H and O–H groups in total. The van der Waals surface area contributed by atoms with Crippen LogP contribution in [0, 0.1) is 23.3 Å². The third kappa shape index (κ3) is 2.98. The van der Waals surface area contributed by atoms with Crippen molar-refractivity contribution >= 4 is 22.8 Å². The number of para-hydroxylation sites is 1. The topological polar surface area (TPSA) is 40.2 Å². The quantitative estimate of drug-likeness (QED) is 0.281. The average Bonchev–Trinajstić information content (AvgIpc) is 2.98. The first-order valence-corrected chi connectivity index (χ1v) is 7.00. The zero-order valence-electron chi connectivity index (χ0n) is 12.6. The molecule has 136 valence electrons. The molecule has 0 amide bonds. The standard InChI is InChI=1S/C16H8F7N3/c17-11-10(16(21,22)23)12(18)14(20)15(13(11)19)26-25-6-7-5-24-9-4-2-1-3-8(7)9/h1-6,24,26H/b25-6-. The van der Waals surface area contributed by atoms with Gasteiger partial charge in [0.2, 0.25) is 0 Å². The van der Waals surface area contributed by atoms with E-state index >= 15 is 0 Å². The molecule has 26 heavy (non-hydrogen) atoms. The third-order valence-corrected chi connectivity index (χ3v) is 3.55. The molecule has 3 rings (SSSR count). The molecule has 0 saturated heterocycles. The molecule has 0 atom stereocenters. The monoisotopic (exact) mass is 375 g/mol. The van der Waals surface area contributed by atoms with Gasteiger partial charge in [0, 0.05) is 22.7 Å². The van der Waals surface area contributed by atoms with Crippen molar-refractivity contribution in [1.29, 1.82) is 0 Å². The Morgan fingerprint density at radius 3 is 2.15 bits per heavy atom. The fourth-order valence-electron chi connectivity index (χ4n) is 2.35. The predicted octanol–water partition coefficient (Wildman–Crippen LogP) is 5.19. The minimum Gasteiger partial charge on any atom is -0.361 e. The third-order valence-electron chi connectivity index (χ3n) is 3.55. The number of nitrogens with one attached hydrogen (secondary N) is 2. The van der Waals surface area contributed by atoms with Crippen molar-refractivity contribution in [1.82, 2.24) is 4.98 Å². The maximum absolute atomic E-state index is 13.7. The van der Waals surface area contributed by atoms with Gasteiger partial charge >= 0.3 is 6.18 Å². The van der Waals surface area contributed by atoms with E-state index in [1.54, 1.807) is 29.7 Å². The second kappa shape index (κ2) is 6.36. The normalized spacial score (nSPS) is 12.3. The summed E-state index contributed by atoms with van der Waals surface area (Å²) < 4.78 is 92.0. The molecule has 0 saturated carbocycles. The lowest BCUT2D eigenvalue weighted by Gasteiger charge is -2.13. The van der Waals surface area contributed by atoms with Gasteiger partial charge in [-0.1, -0.05) is 18.2 Å². The Bertz CT molecular complexity index is 976. The average molecular weight is 375 g/mol. The maximum atomic E-state index is 13.7. The minimum absolute atomic E-state index is 0.474. The summed E-state index contributed by atoms with van der Waals surface area (Å²) in [7, 11) is 0. The fraction of sp³-hybridized carbons (Fsp3) is 0.0625. The van der Waals surface area contributed by atoms with Crippen LogP contribution in [-0.2, 0) is 6.18 Å². The number of aromatic amines is 1. The van der Waals surface area contributed by atoms with E-state index in [2.05, 4.69) is 10.1 Å². The Morgan fingerprint density at radius 2 is 1.54 bits per heavy atom. The van der Waals surface area contributed by atoms with Gasteiger partial charge in [0.05, 0.1) is 6.21 Å². The van der Waals surface area contributed by atoms with Crippen LogP contribution in [0.4, 0.5) is 36.4 Å². The highest BCUT2D eigenvalue weighted by atomic mass is 19.4. The second-order valence-corrected chi connectivity index (χ2v) is 5.16. The highest BCUT2D eigenvalue weighted by Crippen LogP contribution is 2.38. The number of aromatic nitrogens is 1. The Balaban J connectivity index is 1.96. The van der Waals surface area contributed by atoms with Crippen molar-refractivity contribution in [2.75, 3.05) is 5.43 Å². The molecule has 1 heterocycles.